The largest absolute Gasteiger partial charge is 0.490 e. The molecule has 0 saturated carbocycles. The van der Waals surface area contributed by atoms with Crippen molar-refractivity contribution >= 4 is 17.7 Å². The molecule has 0 aromatic carbocycles. The van der Waals surface area contributed by atoms with Gasteiger partial charge in [-0.1, -0.05) is 6.92 Å². The molecular weight excluding hydrogens is 564 g/mol. The molecule has 1 atom stereocenters. The minimum absolute atomic E-state index is 0.216. The summed E-state index contributed by atoms with van der Waals surface area (Å²) in [5, 5.41) is 30.0. The molecule has 3 N–H and O–H groups in total. The van der Waals surface area contributed by atoms with Crippen LogP contribution >= 0.6 is 0 Å². The second-order valence-corrected chi connectivity index (χ2v) is 8.99. The highest BCUT2D eigenvalue weighted by molar-refractivity contribution is 5.92. The van der Waals surface area contributed by atoms with E-state index >= 15 is 0 Å². The normalized spacial score (nSPS) is 15.1. The molecule has 0 bridgehead atoms. The van der Waals surface area contributed by atoms with Crippen molar-refractivity contribution in [2.24, 2.45) is 0 Å². The summed E-state index contributed by atoms with van der Waals surface area (Å²) in [6, 6.07) is 0.213. The summed E-state index contributed by atoms with van der Waals surface area (Å²) in [6.07, 6.45) is -0.741. The van der Waals surface area contributed by atoms with Crippen LogP contribution < -0.4 is 10.2 Å². The number of aromatic amines is 1. The molecule has 0 aliphatic carbocycles. The third-order valence-corrected chi connectivity index (χ3v) is 6.09. The first-order valence-corrected chi connectivity index (χ1v) is 11.8. The van der Waals surface area contributed by atoms with Crippen LogP contribution in [0.2, 0.25) is 0 Å². The van der Waals surface area contributed by atoms with Crippen LogP contribution in [0, 0.1) is 11.3 Å². The van der Waals surface area contributed by atoms with Gasteiger partial charge in [0.2, 0.25) is 0 Å². The molecule has 3 aromatic heterocycles. The number of aromatic nitrogens is 6. The number of hydrogen-bond acceptors (Lipinski definition) is 8. The van der Waals surface area contributed by atoms with Crippen LogP contribution in [-0.4, -0.2) is 78.4 Å². The lowest BCUT2D eigenvalue weighted by atomic mass is 9.87. The van der Waals surface area contributed by atoms with E-state index in [1.807, 2.05) is 29.5 Å². The average molecular weight is 587 g/mol. The molecule has 220 valence electrons. The second-order valence-electron chi connectivity index (χ2n) is 8.99. The van der Waals surface area contributed by atoms with E-state index in [1.54, 1.807) is 10.9 Å². The lowest BCUT2D eigenvalue weighted by Crippen LogP contribution is -2.63. The SMILES string of the molecule is CCc1n[nH]cc1-c1cnn(C2(CC#N)CN(c3cnc(C(=O)N[C@@H](C)C(F)(F)F)cn3)C2)c1.O=C(O)C(F)(F)F. The minimum atomic E-state index is -5.08. The first-order chi connectivity index (χ1) is 19.1. The fourth-order valence-electron chi connectivity index (χ4n) is 3.82. The number of hydrogen-bond donors (Lipinski definition) is 3. The Bertz CT molecular complexity index is 1400. The number of nitrogens with zero attached hydrogens (tertiary/aromatic N) is 7. The zero-order valence-electron chi connectivity index (χ0n) is 21.5. The summed E-state index contributed by atoms with van der Waals surface area (Å²) < 4.78 is 71.5. The number of nitriles is 1. The summed E-state index contributed by atoms with van der Waals surface area (Å²) in [6.45, 7) is 3.72. The molecule has 1 fully saturated rings. The molecule has 0 spiro atoms. The van der Waals surface area contributed by atoms with E-state index in [0.29, 0.717) is 18.9 Å². The van der Waals surface area contributed by atoms with Crippen molar-refractivity contribution in [3.63, 3.8) is 0 Å². The molecule has 4 heterocycles. The predicted octanol–water partition coefficient (Wildman–Crippen LogP) is 3.07. The zero-order valence-corrected chi connectivity index (χ0v) is 21.5. The van der Waals surface area contributed by atoms with Gasteiger partial charge in [0, 0.05) is 36.6 Å². The number of halogens is 6. The van der Waals surface area contributed by atoms with E-state index in [0.717, 1.165) is 36.4 Å². The Morgan fingerprint density at radius 1 is 1.20 bits per heavy atom. The number of carboxylic acid groups (broad SMARTS) is 1. The topological polar surface area (TPSA) is 166 Å². The highest BCUT2D eigenvalue weighted by Crippen LogP contribution is 2.36. The molecule has 4 rings (SSSR count). The highest BCUT2D eigenvalue weighted by Gasteiger charge is 2.46. The molecule has 18 heteroatoms. The van der Waals surface area contributed by atoms with Gasteiger partial charge in [-0.25, -0.2) is 14.8 Å². The Labute approximate surface area is 228 Å². The number of amides is 1. The van der Waals surface area contributed by atoms with Crippen molar-refractivity contribution in [2.45, 2.75) is 50.6 Å². The van der Waals surface area contributed by atoms with E-state index in [-0.39, 0.29) is 12.1 Å². The van der Waals surface area contributed by atoms with Gasteiger partial charge in [0.15, 0.2) is 0 Å². The van der Waals surface area contributed by atoms with Gasteiger partial charge in [-0.2, -0.15) is 41.8 Å². The van der Waals surface area contributed by atoms with E-state index in [4.69, 9.17) is 9.90 Å². The maximum atomic E-state index is 12.7. The monoisotopic (exact) mass is 587 g/mol. The Morgan fingerprint density at radius 3 is 2.37 bits per heavy atom. The Hall–Kier alpha value is -4.69. The summed E-state index contributed by atoms with van der Waals surface area (Å²) in [4.78, 5) is 30.9. The van der Waals surface area contributed by atoms with Gasteiger partial charge in [-0.3, -0.25) is 14.6 Å². The van der Waals surface area contributed by atoms with Crippen LogP contribution in [0.4, 0.5) is 32.2 Å². The summed E-state index contributed by atoms with van der Waals surface area (Å²) in [7, 11) is 0. The van der Waals surface area contributed by atoms with Gasteiger partial charge in [0.25, 0.3) is 5.91 Å². The summed E-state index contributed by atoms with van der Waals surface area (Å²) in [5.74, 6) is -3.27. The van der Waals surface area contributed by atoms with Crippen LogP contribution in [-0.2, 0) is 16.8 Å². The van der Waals surface area contributed by atoms with E-state index < -0.39 is 35.8 Å². The summed E-state index contributed by atoms with van der Waals surface area (Å²) in [5.41, 5.74) is 1.99. The number of carbonyl (C=O) groups is 2. The fraction of sp³-hybridized carbons (Fsp3) is 0.435. The number of carbonyl (C=O) groups excluding carboxylic acids is 1. The average Bonchev–Trinajstić information content (AvgIpc) is 3.55. The molecule has 1 aliphatic heterocycles. The van der Waals surface area contributed by atoms with Gasteiger partial charge in [-0.05, 0) is 13.3 Å². The smallest absolute Gasteiger partial charge is 0.475 e. The first kappa shape index (κ1) is 30.8. The molecule has 1 saturated heterocycles. The third-order valence-electron chi connectivity index (χ3n) is 6.09. The highest BCUT2D eigenvalue weighted by atomic mass is 19.4. The van der Waals surface area contributed by atoms with E-state index in [9.17, 15) is 36.4 Å². The van der Waals surface area contributed by atoms with Gasteiger partial charge in [0.05, 0.1) is 36.8 Å². The molecule has 12 nitrogen and oxygen atoms in total. The van der Waals surface area contributed by atoms with E-state index in [1.165, 1.54) is 6.20 Å². The number of alkyl halides is 6. The van der Waals surface area contributed by atoms with E-state index in [2.05, 4.69) is 31.3 Å². The molecule has 0 radical (unpaired) electrons. The Morgan fingerprint density at radius 2 is 1.85 bits per heavy atom. The Kier molecular flexibility index (Phi) is 8.89. The van der Waals surface area contributed by atoms with Gasteiger partial charge in [0.1, 0.15) is 23.1 Å². The molecule has 0 unspecified atom stereocenters. The number of rotatable bonds is 7. The maximum Gasteiger partial charge on any atom is 0.490 e. The van der Waals surface area contributed by atoms with Crippen molar-refractivity contribution < 1.29 is 41.0 Å². The first-order valence-electron chi connectivity index (χ1n) is 11.8. The summed E-state index contributed by atoms with van der Waals surface area (Å²) >= 11 is 0. The zero-order chi connectivity index (χ0) is 30.6. The van der Waals surface area contributed by atoms with Crippen molar-refractivity contribution in [2.75, 3.05) is 18.0 Å². The quantitative estimate of drug-likeness (QED) is 0.352. The van der Waals surface area contributed by atoms with Crippen LogP contribution in [0.25, 0.3) is 11.1 Å². The number of carboxylic acids is 1. The third kappa shape index (κ3) is 7.10. The fourth-order valence-corrected chi connectivity index (χ4v) is 3.82. The standard InChI is InChI=1S/C21H22F3N9O.C2HF3O2/c1-3-16-15(7-28-31-16)14-6-29-33(10-14)20(4-5-25)11-32(12-20)18-9-26-17(8-27-18)19(34)30-13(2)21(22,23)24;3-2(4,5)1(6)7/h6-10,13H,3-4,11-12H2,1-2H3,(H,28,31)(H,30,34);(H,6,7)/t13-;/m0./s1. The number of H-pyrrole nitrogens is 1. The lowest BCUT2D eigenvalue weighted by molar-refractivity contribution is -0.192. The van der Waals surface area contributed by atoms with Crippen LogP contribution in [0.5, 0.6) is 0 Å². The van der Waals surface area contributed by atoms with Crippen molar-refractivity contribution in [3.05, 3.63) is 42.4 Å². The van der Waals surface area contributed by atoms with Crippen molar-refractivity contribution in [1.29, 1.82) is 5.26 Å². The molecule has 1 amide bonds. The van der Waals surface area contributed by atoms with Crippen molar-refractivity contribution in [1.82, 2.24) is 35.3 Å². The maximum absolute atomic E-state index is 12.7. The predicted molar refractivity (Wildman–Crippen MR) is 128 cm³/mol. The Balaban J connectivity index is 0.000000587. The minimum Gasteiger partial charge on any atom is -0.475 e. The number of aryl methyl sites for hydroxylation is 1. The lowest BCUT2D eigenvalue weighted by Gasteiger charge is -2.49. The molecule has 1 aliphatic rings. The van der Waals surface area contributed by atoms with Gasteiger partial charge < -0.3 is 15.3 Å². The van der Waals surface area contributed by atoms with Gasteiger partial charge in [-0.15, -0.1) is 0 Å². The van der Waals surface area contributed by atoms with Gasteiger partial charge >= 0.3 is 18.3 Å². The van der Waals surface area contributed by atoms with Crippen molar-refractivity contribution in [3.8, 4) is 17.2 Å². The van der Waals surface area contributed by atoms with Crippen LogP contribution in [0.1, 0.15) is 36.5 Å². The molecule has 3 aromatic rings. The molecule has 41 heavy (non-hydrogen) atoms. The number of anilines is 1. The van der Waals surface area contributed by atoms with Crippen LogP contribution in [0.3, 0.4) is 0 Å². The second kappa shape index (κ2) is 11.8. The molecular formula is C23H23F6N9O3. The number of aliphatic carboxylic acids is 1. The van der Waals surface area contributed by atoms with Crippen LogP contribution in [0.15, 0.2) is 31.0 Å². The number of nitrogens with one attached hydrogen (secondary N) is 2.